The third kappa shape index (κ3) is 2.99. The van der Waals surface area contributed by atoms with E-state index in [2.05, 4.69) is 5.32 Å². The van der Waals surface area contributed by atoms with Gasteiger partial charge in [-0.15, -0.1) is 0 Å². The van der Waals surface area contributed by atoms with Crippen LogP contribution in [0.15, 0.2) is 0 Å². The molecule has 0 radical (unpaired) electrons. The van der Waals surface area contributed by atoms with Crippen LogP contribution in [0, 0.1) is 5.92 Å². The molecule has 0 spiro atoms. The van der Waals surface area contributed by atoms with Crippen LogP contribution in [0.3, 0.4) is 0 Å². The number of nitrogens with one attached hydrogen (secondary N) is 1. The number of carbonyl (C=O) groups excluding carboxylic acids is 2. The highest BCUT2D eigenvalue weighted by molar-refractivity contribution is 5.87. The molecule has 80 valence electrons. The molecule has 1 fully saturated rings. The number of nitrogens with two attached hydrogens (primary N) is 1. The molecule has 0 aromatic rings. The van der Waals surface area contributed by atoms with E-state index >= 15 is 0 Å². The first-order valence-corrected chi connectivity index (χ1v) is 4.88. The van der Waals surface area contributed by atoms with Gasteiger partial charge in [0.2, 0.25) is 11.8 Å². The molecule has 1 aliphatic heterocycles. The highest BCUT2D eigenvalue weighted by atomic mass is 16.2. The molecular weight excluding hydrogens is 182 g/mol. The molecule has 1 heterocycles. The predicted octanol–water partition coefficient (Wildman–Crippen LogP) is -1.07. The molecule has 5 heteroatoms. The third-order valence-electron chi connectivity index (χ3n) is 2.33. The Kier molecular flexibility index (Phi) is 3.88. The van der Waals surface area contributed by atoms with Crippen molar-refractivity contribution in [3.8, 4) is 0 Å². The van der Waals surface area contributed by atoms with Gasteiger partial charge in [-0.1, -0.05) is 6.92 Å². The predicted molar refractivity (Wildman–Crippen MR) is 52.4 cm³/mol. The van der Waals surface area contributed by atoms with E-state index in [0.717, 1.165) is 0 Å². The first-order valence-electron chi connectivity index (χ1n) is 4.88. The largest absolute Gasteiger partial charge is 0.347 e. The fourth-order valence-electron chi connectivity index (χ4n) is 1.38. The van der Waals surface area contributed by atoms with E-state index in [1.165, 1.54) is 0 Å². The smallest absolute Gasteiger partial charge is 0.241 e. The van der Waals surface area contributed by atoms with Gasteiger partial charge in [0, 0.05) is 19.5 Å². The van der Waals surface area contributed by atoms with Crippen molar-refractivity contribution >= 4 is 11.8 Å². The number of nitrogens with zero attached hydrogens (tertiary/aromatic N) is 1. The number of hydrogen-bond acceptors (Lipinski definition) is 3. The van der Waals surface area contributed by atoms with Gasteiger partial charge in [-0.25, -0.2) is 0 Å². The van der Waals surface area contributed by atoms with E-state index in [-0.39, 0.29) is 24.3 Å². The average Bonchev–Trinajstić information content (AvgIpc) is 2.33. The van der Waals surface area contributed by atoms with E-state index in [4.69, 9.17) is 5.73 Å². The van der Waals surface area contributed by atoms with Crippen LogP contribution in [0.5, 0.6) is 0 Å². The van der Waals surface area contributed by atoms with E-state index in [9.17, 15) is 9.59 Å². The van der Waals surface area contributed by atoms with Gasteiger partial charge in [-0.2, -0.15) is 0 Å². The first-order chi connectivity index (χ1) is 6.63. The Morgan fingerprint density at radius 3 is 2.93 bits per heavy atom. The molecule has 0 saturated carbocycles. The van der Waals surface area contributed by atoms with Crippen LogP contribution in [-0.4, -0.2) is 42.9 Å². The Morgan fingerprint density at radius 2 is 2.29 bits per heavy atom. The topological polar surface area (TPSA) is 75.4 Å². The minimum Gasteiger partial charge on any atom is -0.347 e. The SMILES string of the molecule is CC(CN)CN1CCC(=O)NCC1=O. The second kappa shape index (κ2) is 4.95. The summed E-state index contributed by atoms with van der Waals surface area (Å²) in [6.07, 6.45) is 0.392. The molecule has 1 unspecified atom stereocenters. The van der Waals surface area contributed by atoms with Gasteiger partial charge in [0.25, 0.3) is 0 Å². The minimum absolute atomic E-state index is 0.0175. The van der Waals surface area contributed by atoms with Crippen molar-refractivity contribution in [2.45, 2.75) is 13.3 Å². The van der Waals surface area contributed by atoms with Crippen LogP contribution in [-0.2, 0) is 9.59 Å². The van der Waals surface area contributed by atoms with Crippen molar-refractivity contribution in [2.24, 2.45) is 11.7 Å². The second-order valence-electron chi connectivity index (χ2n) is 3.71. The summed E-state index contributed by atoms with van der Waals surface area (Å²) in [5.74, 6) is 0.213. The van der Waals surface area contributed by atoms with Gasteiger partial charge in [-0.3, -0.25) is 9.59 Å². The fourth-order valence-corrected chi connectivity index (χ4v) is 1.38. The molecule has 1 atom stereocenters. The van der Waals surface area contributed by atoms with Crippen molar-refractivity contribution < 1.29 is 9.59 Å². The fraction of sp³-hybridized carbons (Fsp3) is 0.778. The molecule has 1 saturated heterocycles. The lowest BCUT2D eigenvalue weighted by atomic mass is 10.1. The number of carbonyl (C=O) groups is 2. The lowest BCUT2D eigenvalue weighted by Crippen LogP contribution is -2.39. The molecule has 3 N–H and O–H groups in total. The van der Waals surface area contributed by atoms with Gasteiger partial charge >= 0.3 is 0 Å². The van der Waals surface area contributed by atoms with Gasteiger partial charge in [0.15, 0.2) is 0 Å². The van der Waals surface area contributed by atoms with Crippen molar-refractivity contribution in [2.75, 3.05) is 26.2 Å². The van der Waals surface area contributed by atoms with E-state index in [1.807, 2.05) is 6.92 Å². The van der Waals surface area contributed by atoms with Crippen LogP contribution in [0.25, 0.3) is 0 Å². The Labute approximate surface area is 83.6 Å². The van der Waals surface area contributed by atoms with Gasteiger partial charge in [0.05, 0.1) is 6.54 Å². The Hall–Kier alpha value is -1.10. The monoisotopic (exact) mass is 199 g/mol. The summed E-state index contributed by atoms with van der Waals surface area (Å²) in [5, 5.41) is 2.55. The van der Waals surface area contributed by atoms with Crippen LogP contribution in [0.4, 0.5) is 0 Å². The zero-order valence-electron chi connectivity index (χ0n) is 8.45. The number of amides is 2. The van der Waals surface area contributed by atoms with Crippen molar-refractivity contribution in [1.82, 2.24) is 10.2 Å². The van der Waals surface area contributed by atoms with Gasteiger partial charge < -0.3 is 16.0 Å². The lowest BCUT2D eigenvalue weighted by Gasteiger charge is -2.22. The van der Waals surface area contributed by atoms with Crippen LogP contribution in [0.1, 0.15) is 13.3 Å². The molecule has 1 rings (SSSR count). The van der Waals surface area contributed by atoms with Crippen LogP contribution < -0.4 is 11.1 Å². The van der Waals surface area contributed by atoms with Crippen LogP contribution in [0.2, 0.25) is 0 Å². The molecule has 0 aliphatic carbocycles. The van der Waals surface area contributed by atoms with Gasteiger partial charge in [-0.05, 0) is 12.5 Å². The highest BCUT2D eigenvalue weighted by Crippen LogP contribution is 2.02. The normalized spacial score (nSPS) is 20.3. The zero-order valence-corrected chi connectivity index (χ0v) is 8.45. The lowest BCUT2D eigenvalue weighted by molar-refractivity contribution is -0.130. The maximum atomic E-state index is 11.5. The number of hydrogen-bond donors (Lipinski definition) is 2. The molecule has 14 heavy (non-hydrogen) atoms. The standard InChI is InChI=1S/C9H17N3O2/c1-7(4-10)6-12-3-2-8(13)11-5-9(12)14/h7H,2-6,10H2,1H3,(H,11,13). The summed E-state index contributed by atoms with van der Waals surface area (Å²) in [4.78, 5) is 24.2. The summed E-state index contributed by atoms with van der Waals surface area (Å²) in [5.41, 5.74) is 5.48. The van der Waals surface area contributed by atoms with E-state index in [1.54, 1.807) is 4.90 Å². The van der Waals surface area contributed by atoms with E-state index < -0.39 is 0 Å². The Morgan fingerprint density at radius 1 is 1.57 bits per heavy atom. The molecule has 0 aromatic carbocycles. The molecule has 0 bridgehead atoms. The molecular formula is C9H17N3O2. The third-order valence-corrected chi connectivity index (χ3v) is 2.33. The Bertz CT molecular complexity index is 230. The first kappa shape index (κ1) is 11.0. The highest BCUT2D eigenvalue weighted by Gasteiger charge is 2.20. The average molecular weight is 199 g/mol. The minimum atomic E-state index is -0.0544. The van der Waals surface area contributed by atoms with E-state index in [0.29, 0.717) is 26.1 Å². The summed E-state index contributed by atoms with van der Waals surface area (Å²) in [7, 11) is 0. The van der Waals surface area contributed by atoms with Crippen LogP contribution >= 0.6 is 0 Å². The zero-order chi connectivity index (χ0) is 10.6. The molecule has 2 amide bonds. The molecule has 1 aliphatic rings. The maximum absolute atomic E-state index is 11.5. The summed E-state index contributed by atoms with van der Waals surface area (Å²) >= 11 is 0. The van der Waals surface area contributed by atoms with Crippen molar-refractivity contribution in [3.63, 3.8) is 0 Å². The molecule has 5 nitrogen and oxygen atoms in total. The summed E-state index contributed by atoms with van der Waals surface area (Å²) < 4.78 is 0. The second-order valence-corrected chi connectivity index (χ2v) is 3.71. The van der Waals surface area contributed by atoms with Gasteiger partial charge in [0.1, 0.15) is 0 Å². The number of rotatable bonds is 3. The maximum Gasteiger partial charge on any atom is 0.241 e. The quantitative estimate of drug-likeness (QED) is 0.607. The summed E-state index contributed by atoms with van der Waals surface area (Å²) in [6, 6.07) is 0. The molecule has 0 aromatic heterocycles. The summed E-state index contributed by atoms with van der Waals surface area (Å²) in [6.45, 7) is 3.83. The Balaban J connectivity index is 2.49. The van der Waals surface area contributed by atoms with Crippen molar-refractivity contribution in [3.05, 3.63) is 0 Å². The van der Waals surface area contributed by atoms with Crippen molar-refractivity contribution in [1.29, 1.82) is 0 Å².